The molecule has 0 unspecified atom stereocenters. The summed E-state index contributed by atoms with van der Waals surface area (Å²) >= 11 is 0. The SMILES string of the molecule is OCc1ccc(-c2nn(Cc3ccccc3)c3ccccc23)nc1. The van der Waals surface area contributed by atoms with Gasteiger partial charge in [0.05, 0.1) is 24.4 Å². The van der Waals surface area contributed by atoms with Gasteiger partial charge < -0.3 is 5.11 Å². The number of fused-ring (bicyclic) bond motifs is 1. The van der Waals surface area contributed by atoms with Crippen molar-refractivity contribution in [2.75, 3.05) is 0 Å². The van der Waals surface area contributed by atoms with Gasteiger partial charge in [-0.25, -0.2) is 0 Å². The Morgan fingerprint density at radius 1 is 0.833 bits per heavy atom. The molecule has 0 radical (unpaired) electrons. The van der Waals surface area contributed by atoms with Crippen LogP contribution in [0.4, 0.5) is 0 Å². The first kappa shape index (κ1) is 14.6. The average Bonchev–Trinajstić information content (AvgIpc) is 3.01. The monoisotopic (exact) mass is 315 g/mol. The molecule has 2 heterocycles. The number of aromatic nitrogens is 3. The van der Waals surface area contributed by atoms with Crippen LogP contribution in [-0.2, 0) is 13.2 Å². The van der Waals surface area contributed by atoms with Crippen molar-refractivity contribution in [2.45, 2.75) is 13.2 Å². The van der Waals surface area contributed by atoms with E-state index in [1.807, 2.05) is 47.1 Å². The van der Waals surface area contributed by atoms with Crippen LogP contribution in [0.25, 0.3) is 22.3 Å². The molecule has 0 saturated heterocycles. The second-order valence-electron chi connectivity index (χ2n) is 5.72. The van der Waals surface area contributed by atoms with Crippen molar-refractivity contribution in [3.05, 3.63) is 84.1 Å². The average molecular weight is 315 g/mol. The largest absolute Gasteiger partial charge is 0.392 e. The van der Waals surface area contributed by atoms with Crippen molar-refractivity contribution in [3.63, 3.8) is 0 Å². The van der Waals surface area contributed by atoms with E-state index in [4.69, 9.17) is 5.10 Å². The van der Waals surface area contributed by atoms with Gasteiger partial charge in [0.25, 0.3) is 0 Å². The summed E-state index contributed by atoms with van der Waals surface area (Å²) in [5.41, 5.74) is 4.78. The Balaban J connectivity index is 1.81. The molecule has 1 N–H and O–H groups in total. The molecule has 0 aliphatic carbocycles. The molecule has 0 fully saturated rings. The van der Waals surface area contributed by atoms with Crippen molar-refractivity contribution >= 4 is 10.9 Å². The summed E-state index contributed by atoms with van der Waals surface area (Å²) in [5.74, 6) is 0. The van der Waals surface area contributed by atoms with Gasteiger partial charge in [-0.15, -0.1) is 0 Å². The van der Waals surface area contributed by atoms with Gasteiger partial charge in [-0.1, -0.05) is 54.6 Å². The number of nitrogens with zero attached hydrogens (tertiary/aromatic N) is 3. The number of aliphatic hydroxyl groups excluding tert-OH is 1. The highest BCUT2D eigenvalue weighted by Gasteiger charge is 2.13. The fourth-order valence-electron chi connectivity index (χ4n) is 2.85. The Morgan fingerprint density at radius 2 is 1.62 bits per heavy atom. The maximum Gasteiger partial charge on any atom is 0.119 e. The molecule has 0 amide bonds. The minimum atomic E-state index is -0.00350. The third kappa shape index (κ3) is 2.68. The molecular weight excluding hydrogens is 298 g/mol. The highest BCUT2D eigenvalue weighted by atomic mass is 16.3. The highest BCUT2D eigenvalue weighted by molar-refractivity contribution is 5.92. The van der Waals surface area contributed by atoms with E-state index in [1.54, 1.807) is 6.20 Å². The molecular formula is C20H17N3O. The van der Waals surface area contributed by atoms with Gasteiger partial charge in [0.2, 0.25) is 0 Å². The summed E-state index contributed by atoms with van der Waals surface area (Å²) in [6.45, 7) is 0.715. The van der Waals surface area contributed by atoms with E-state index in [1.165, 1.54) is 5.56 Å². The lowest BCUT2D eigenvalue weighted by molar-refractivity contribution is 0.281. The van der Waals surface area contributed by atoms with E-state index in [0.29, 0.717) is 0 Å². The van der Waals surface area contributed by atoms with E-state index < -0.39 is 0 Å². The molecule has 2 aromatic heterocycles. The Morgan fingerprint density at radius 3 is 2.38 bits per heavy atom. The third-order valence-electron chi connectivity index (χ3n) is 4.08. The fraction of sp³-hybridized carbons (Fsp3) is 0.100. The van der Waals surface area contributed by atoms with Crippen molar-refractivity contribution in [1.29, 1.82) is 0 Å². The normalized spacial score (nSPS) is 11.0. The smallest absolute Gasteiger partial charge is 0.119 e. The standard InChI is InChI=1S/C20H17N3O/c24-14-16-10-11-18(21-12-16)20-17-8-4-5-9-19(17)23(22-20)13-15-6-2-1-3-7-15/h1-12,24H,13-14H2. The van der Waals surface area contributed by atoms with Crippen molar-refractivity contribution in [2.24, 2.45) is 0 Å². The van der Waals surface area contributed by atoms with Crippen molar-refractivity contribution < 1.29 is 5.11 Å². The molecule has 0 aliphatic heterocycles. The number of benzene rings is 2. The summed E-state index contributed by atoms with van der Waals surface area (Å²) in [7, 11) is 0. The molecule has 4 rings (SSSR count). The molecule has 24 heavy (non-hydrogen) atoms. The van der Waals surface area contributed by atoms with E-state index in [9.17, 15) is 5.11 Å². The first-order valence-corrected chi connectivity index (χ1v) is 7.91. The maximum atomic E-state index is 9.18. The zero-order chi connectivity index (χ0) is 16.4. The molecule has 0 aliphatic rings. The van der Waals surface area contributed by atoms with Gasteiger partial charge in [0, 0.05) is 11.6 Å². The van der Waals surface area contributed by atoms with Gasteiger partial charge in [-0.05, 0) is 23.3 Å². The predicted molar refractivity (Wildman–Crippen MR) is 94.4 cm³/mol. The summed E-state index contributed by atoms with van der Waals surface area (Å²) in [6, 6.07) is 22.3. The lowest BCUT2D eigenvalue weighted by atomic mass is 10.1. The molecule has 4 heteroatoms. The van der Waals surface area contributed by atoms with E-state index >= 15 is 0 Å². The number of aliphatic hydroxyl groups is 1. The molecule has 0 atom stereocenters. The second-order valence-corrected chi connectivity index (χ2v) is 5.72. The second kappa shape index (κ2) is 6.26. The number of rotatable bonds is 4. The van der Waals surface area contributed by atoms with E-state index in [0.717, 1.165) is 34.4 Å². The molecule has 0 bridgehead atoms. The van der Waals surface area contributed by atoms with Crippen LogP contribution in [-0.4, -0.2) is 19.9 Å². The molecule has 2 aromatic carbocycles. The van der Waals surface area contributed by atoms with Gasteiger partial charge in [0.1, 0.15) is 5.69 Å². The van der Waals surface area contributed by atoms with Crippen LogP contribution < -0.4 is 0 Å². The molecule has 4 nitrogen and oxygen atoms in total. The minimum Gasteiger partial charge on any atom is -0.392 e. The highest BCUT2D eigenvalue weighted by Crippen LogP contribution is 2.27. The summed E-state index contributed by atoms with van der Waals surface area (Å²) in [6.07, 6.45) is 1.69. The molecule has 0 spiro atoms. The Hall–Kier alpha value is -2.98. The third-order valence-corrected chi connectivity index (χ3v) is 4.08. The fourth-order valence-corrected chi connectivity index (χ4v) is 2.85. The Kier molecular flexibility index (Phi) is 3.81. The lowest BCUT2D eigenvalue weighted by Crippen LogP contribution is -2.01. The first-order chi connectivity index (χ1) is 11.8. The maximum absolute atomic E-state index is 9.18. The van der Waals surface area contributed by atoms with Crippen LogP contribution in [0.1, 0.15) is 11.1 Å². The van der Waals surface area contributed by atoms with Crippen LogP contribution in [0.5, 0.6) is 0 Å². The topological polar surface area (TPSA) is 50.9 Å². The van der Waals surface area contributed by atoms with Gasteiger partial charge in [0.15, 0.2) is 0 Å². The van der Waals surface area contributed by atoms with Gasteiger partial charge >= 0.3 is 0 Å². The molecule has 4 aromatic rings. The van der Waals surface area contributed by atoms with Gasteiger partial charge in [-0.2, -0.15) is 5.10 Å². The van der Waals surface area contributed by atoms with E-state index in [2.05, 4.69) is 29.2 Å². The number of pyridine rings is 1. The minimum absolute atomic E-state index is 0.00350. The van der Waals surface area contributed by atoms with Crippen LogP contribution in [0.15, 0.2) is 72.9 Å². The van der Waals surface area contributed by atoms with Crippen LogP contribution in [0, 0.1) is 0 Å². The lowest BCUT2D eigenvalue weighted by Gasteiger charge is -2.03. The zero-order valence-electron chi connectivity index (χ0n) is 13.1. The Labute approximate surface area is 140 Å². The van der Waals surface area contributed by atoms with E-state index in [-0.39, 0.29) is 6.61 Å². The summed E-state index contributed by atoms with van der Waals surface area (Å²) in [4.78, 5) is 4.45. The molecule has 118 valence electrons. The van der Waals surface area contributed by atoms with Crippen molar-refractivity contribution in [1.82, 2.24) is 14.8 Å². The predicted octanol–water partition coefficient (Wildman–Crippen LogP) is 3.64. The Bertz CT molecular complexity index is 959. The van der Waals surface area contributed by atoms with Crippen LogP contribution in [0.2, 0.25) is 0 Å². The van der Waals surface area contributed by atoms with Crippen molar-refractivity contribution in [3.8, 4) is 11.4 Å². The number of para-hydroxylation sites is 1. The number of hydrogen-bond donors (Lipinski definition) is 1. The number of hydrogen-bond acceptors (Lipinski definition) is 3. The molecule has 0 saturated carbocycles. The summed E-state index contributed by atoms with van der Waals surface area (Å²) in [5, 5.41) is 15.1. The van der Waals surface area contributed by atoms with Crippen LogP contribution in [0.3, 0.4) is 0 Å². The zero-order valence-corrected chi connectivity index (χ0v) is 13.1. The van der Waals surface area contributed by atoms with Gasteiger partial charge in [-0.3, -0.25) is 9.67 Å². The quantitative estimate of drug-likeness (QED) is 0.625. The first-order valence-electron chi connectivity index (χ1n) is 7.91. The summed E-state index contributed by atoms with van der Waals surface area (Å²) < 4.78 is 2.02. The van der Waals surface area contributed by atoms with Crippen LogP contribution >= 0.6 is 0 Å².